The fraction of sp³-hybridized carbons (Fsp3) is 0.667. The summed E-state index contributed by atoms with van der Waals surface area (Å²) in [7, 11) is 0. The molecule has 0 radical (unpaired) electrons. The number of carbonyl (C=O) groups is 1. The van der Waals surface area contributed by atoms with Crippen LogP contribution in [0.2, 0.25) is 14.8 Å². The number of hydrogen-bond acceptors (Lipinski definition) is 2. The van der Waals surface area contributed by atoms with Crippen molar-refractivity contribution < 1.29 is 9.53 Å². The van der Waals surface area contributed by atoms with Gasteiger partial charge < -0.3 is 0 Å². The molecule has 2 nitrogen and oxygen atoms in total. The molecular formula is C15H27IO2Sn. The molecule has 1 atom stereocenters. The zero-order valence-corrected chi connectivity index (χ0v) is 18.1. The Kier molecular flexibility index (Phi) is 9.66. The Hall–Kier alpha value is 0.479. The fourth-order valence-corrected chi connectivity index (χ4v) is 8.74. The van der Waals surface area contributed by atoms with Gasteiger partial charge in [0.25, 0.3) is 0 Å². The van der Waals surface area contributed by atoms with Gasteiger partial charge in [0.2, 0.25) is 0 Å². The van der Waals surface area contributed by atoms with Crippen molar-refractivity contribution in [3.8, 4) is 0 Å². The number of halogens is 1. The van der Waals surface area contributed by atoms with Crippen molar-refractivity contribution in [1.82, 2.24) is 0 Å². The normalized spacial score (nSPS) is 15.3. The predicted octanol–water partition coefficient (Wildman–Crippen LogP) is 5.11. The molecule has 0 saturated heterocycles. The van der Waals surface area contributed by atoms with Gasteiger partial charge in [-0.25, -0.2) is 0 Å². The summed E-state index contributed by atoms with van der Waals surface area (Å²) in [5.74, 6) is -0.0759. The van der Waals surface area contributed by atoms with Crippen LogP contribution in [0, 0.1) is 5.92 Å². The average Bonchev–Trinajstić information content (AvgIpc) is 2.32. The third kappa shape index (κ3) is 7.16. The summed E-state index contributed by atoms with van der Waals surface area (Å²) in [4.78, 5) is 19.3. The molecule has 0 aliphatic heterocycles. The Labute approximate surface area is 136 Å². The Morgan fingerprint density at radius 3 is 2.21 bits per heavy atom. The topological polar surface area (TPSA) is 26.3 Å². The van der Waals surface area contributed by atoms with Crippen LogP contribution < -0.4 is 0 Å². The molecule has 0 aromatic rings. The van der Waals surface area contributed by atoms with E-state index in [2.05, 4.69) is 56.5 Å². The number of hydrogen-bond donors (Lipinski definition) is 0. The van der Waals surface area contributed by atoms with Crippen LogP contribution in [0.15, 0.2) is 19.3 Å². The first-order valence-electron chi connectivity index (χ1n) is 6.91. The monoisotopic (exact) mass is 486 g/mol. The summed E-state index contributed by atoms with van der Waals surface area (Å²) < 4.78 is 7.97. The van der Waals surface area contributed by atoms with Crippen LogP contribution in [-0.2, 0) is 9.53 Å². The van der Waals surface area contributed by atoms with Crippen molar-refractivity contribution in [2.45, 2.75) is 48.4 Å². The molecule has 0 aromatic carbocycles. The van der Waals surface area contributed by atoms with Crippen LogP contribution in [0.3, 0.4) is 0 Å². The first-order chi connectivity index (χ1) is 8.77. The maximum absolute atomic E-state index is 12.2. The molecule has 0 saturated carbocycles. The van der Waals surface area contributed by atoms with Crippen molar-refractivity contribution in [3.63, 3.8) is 0 Å². The van der Waals surface area contributed by atoms with E-state index >= 15 is 0 Å². The van der Waals surface area contributed by atoms with E-state index in [9.17, 15) is 4.79 Å². The van der Waals surface area contributed by atoms with Crippen molar-refractivity contribution in [2.24, 2.45) is 5.92 Å². The molecule has 19 heavy (non-hydrogen) atoms. The molecule has 0 aliphatic rings. The Balaban J connectivity index is 5.11. The average molecular weight is 485 g/mol. The van der Waals surface area contributed by atoms with Gasteiger partial charge in [0.05, 0.1) is 0 Å². The molecule has 0 amide bonds. The SMILES string of the molecule is C/C=C(\I)CCC(C(=O)OCC)/[C](=C\C)[Sn]([CH3])([CH3])[CH3]. The van der Waals surface area contributed by atoms with Crippen LogP contribution >= 0.6 is 22.6 Å². The van der Waals surface area contributed by atoms with E-state index in [0.29, 0.717) is 6.61 Å². The van der Waals surface area contributed by atoms with Gasteiger partial charge in [-0.1, -0.05) is 0 Å². The summed E-state index contributed by atoms with van der Waals surface area (Å²) in [5, 5.41) is 0. The van der Waals surface area contributed by atoms with E-state index in [1.807, 2.05) is 13.8 Å². The molecule has 0 heterocycles. The van der Waals surface area contributed by atoms with Gasteiger partial charge in [-0.15, -0.1) is 0 Å². The summed E-state index contributed by atoms with van der Waals surface area (Å²) in [6, 6.07) is 0. The van der Waals surface area contributed by atoms with Crippen molar-refractivity contribution in [2.75, 3.05) is 6.61 Å². The number of rotatable bonds is 7. The van der Waals surface area contributed by atoms with Crippen LogP contribution in [-0.4, -0.2) is 31.0 Å². The van der Waals surface area contributed by atoms with Gasteiger partial charge in [0.1, 0.15) is 0 Å². The second-order valence-corrected chi connectivity index (χ2v) is 21.4. The molecule has 4 heteroatoms. The van der Waals surface area contributed by atoms with Crippen LogP contribution in [0.4, 0.5) is 0 Å². The van der Waals surface area contributed by atoms with Crippen LogP contribution in [0.5, 0.6) is 0 Å². The van der Waals surface area contributed by atoms with E-state index in [0.717, 1.165) is 12.8 Å². The summed E-state index contributed by atoms with van der Waals surface area (Å²) in [6.07, 6.45) is 6.10. The first-order valence-corrected chi connectivity index (χ1v) is 18.0. The second kappa shape index (κ2) is 9.42. The molecule has 0 spiro atoms. The van der Waals surface area contributed by atoms with Gasteiger partial charge >= 0.3 is 137 Å². The number of ether oxygens (including phenoxy) is 1. The third-order valence-corrected chi connectivity index (χ3v) is 11.0. The van der Waals surface area contributed by atoms with E-state index in [4.69, 9.17) is 4.74 Å². The van der Waals surface area contributed by atoms with Gasteiger partial charge in [0.15, 0.2) is 0 Å². The summed E-state index contributed by atoms with van der Waals surface area (Å²) in [6.45, 7) is 6.44. The molecule has 0 N–H and O–H groups in total. The van der Waals surface area contributed by atoms with Crippen molar-refractivity contribution in [3.05, 3.63) is 19.3 Å². The van der Waals surface area contributed by atoms with Crippen molar-refractivity contribution in [1.29, 1.82) is 0 Å². The second-order valence-electron chi connectivity index (χ2n) is 5.57. The van der Waals surface area contributed by atoms with E-state index < -0.39 is 18.4 Å². The van der Waals surface area contributed by atoms with Gasteiger partial charge in [-0.2, -0.15) is 0 Å². The number of carbonyl (C=O) groups excluding carboxylic acids is 1. The zero-order chi connectivity index (χ0) is 15.1. The third-order valence-electron chi connectivity index (χ3n) is 3.11. The molecule has 0 rings (SSSR count). The van der Waals surface area contributed by atoms with Crippen LogP contribution in [0.1, 0.15) is 33.6 Å². The number of allylic oxidation sites excluding steroid dienone is 3. The minimum absolute atomic E-state index is 0.0366. The minimum atomic E-state index is -2.24. The predicted molar refractivity (Wildman–Crippen MR) is 94.2 cm³/mol. The molecule has 110 valence electrons. The standard InChI is InChI=1S/C12H18IO2.3CH3.Sn/c1-4-7-10(12(14)15-6-3)8-9-11(13)5-2;;;;/h4-5,10H,6,8-9H2,1-3H3;3*1H3;/b7-4?,11-5-;;;;. The van der Waals surface area contributed by atoms with Crippen molar-refractivity contribution >= 4 is 46.9 Å². The maximum atomic E-state index is 12.2. The van der Waals surface area contributed by atoms with Gasteiger partial charge in [0, 0.05) is 0 Å². The molecule has 0 fully saturated rings. The molecule has 0 aliphatic carbocycles. The molecule has 0 aromatic heterocycles. The quantitative estimate of drug-likeness (QED) is 0.285. The summed E-state index contributed by atoms with van der Waals surface area (Å²) in [5.41, 5.74) is 0. The Morgan fingerprint density at radius 2 is 1.84 bits per heavy atom. The van der Waals surface area contributed by atoms with E-state index in [-0.39, 0.29) is 11.9 Å². The molecular weight excluding hydrogens is 458 g/mol. The summed E-state index contributed by atoms with van der Waals surface area (Å²) >= 11 is 0.104. The van der Waals surface area contributed by atoms with E-state index in [1.165, 1.54) is 7.17 Å². The van der Waals surface area contributed by atoms with Gasteiger partial charge in [-0.05, 0) is 0 Å². The van der Waals surface area contributed by atoms with Crippen LogP contribution in [0.25, 0.3) is 0 Å². The molecule has 0 bridgehead atoms. The number of esters is 1. The van der Waals surface area contributed by atoms with Gasteiger partial charge in [-0.3, -0.25) is 0 Å². The fourth-order valence-electron chi connectivity index (χ4n) is 2.23. The Bertz CT molecular complexity index is 354. The van der Waals surface area contributed by atoms with E-state index in [1.54, 1.807) is 0 Å². The first kappa shape index (κ1) is 19.5. The molecule has 1 unspecified atom stereocenters. The Morgan fingerprint density at radius 1 is 1.26 bits per heavy atom. The zero-order valence-electron chi connectivity index (χ0n) is 13.0.